The van der Waals surface area contributed by atoms with Crippen molar-refractivity contribution in [2.45, 2.75) is 44.5 Å². The summed E-state index contributed by atoms with van der Waals surface area (Å²) < 4.78 is 43.9. The molecule has 1 heterocycles. The van der Waals surface area contributed by atoms with Crippen LogP contribution in [0, 0.1) is 0 Å². The first-order valence-electron chi connectivity index (χ1n) is 9.63. The summed E-state index contributed by atoms with van der Waals surface area (Å²) in [5.41, 5.74) is 1.82. The molecule has 3 rings (SSSR count). The standard InChI is InChI=1S/C20H25F3N4OS/c1-24-19(26-12-18-27-17(13-29-18)20(21,22)23)25-10-5-11-28-16-9-4-7-14-6-2-3-8-15(14)16/h2-3,6,8,13,16H,4-5,7,9-12H2,1H3,(H2,24,25,26). The maximum absolute atomic E-state index is 12.6. The molecule has 0 amide bonds. The van der Waals surface area contributed by atoms with E-state index >= 15 is 0 Å². The predicted octanol–water partition coefficient (Wildman–Crippen LogP) is 4.31. The van der Waals surface area contributed by atoms with Gasteiger partial charge in [-0.25, -0.2) is 4.98 Å². The predicted molar refractivity (Wildman–Crippen MR) is 108 cm³/mol. The van der Waals surface area contributed by atoms with Gasteiger partial charge in [0.2, 0.25) is 0 Å². The first-order valence-corrected chi connectivity index (χ1v) is 10.5. The van der Waals surface area contributed by atoms with Crippen molar-refractivity contribution in [2.75, 3.05) is 20.2 Å². The molecule has 0 saturated carbocycles. The summed E-state index contributed by atoms with van der Waals surface area (Å²) in [4.78, 5) is 7.68. The second-order valence-electron chi connectivity index (χ2n) is 6.78. The van der Waals surface area contributed by atoms with Gasteiger partial charge in [-0.15, -0.1) is 11.3 Å². The van der Waals surface area contributed by atoms with Crippen molar-refractivity contribution >= 4 is 17.3 Å². The highest BCUT2D eigenvalue weighted by atomic mass is 32.1. The lowest BCUT2D eigenvalue weighted by Gasteiger charge is -2.25. The molecule has 1 atom stereocenters. The largest absolute Gasteiger partial charge is 0.434 e. The van der Waals surface area contributed by atoms with Gasteiger partial charge < -0.3 is 15.4 Å². The van der Waals surface area contributed by atoms with Crippen LogP contribution >= 0.6 is 11.3 Å². The summed E-state index contributed by atoms with van der Waals surface area (Å²) in [5, 5.41) is 7.51. The van der Waals surface area contributed by atoms with Gasteiger partial charge in [-0.05, 0) is 36.8 Å². The van der Waals surface area contributed by atoms with Crippen LogP contribution in [0.2, 0.25) is 0 Å². The number of rotatable bonds is 7. The van der Waals surface area contributed by atoms with Crippen molar-refractivity contribution in [1.82, 2.24) is 15.6 Å². The average molecular weight is 427 g/mol. The molecule has 2 aromatic rings. The molecule has 9 heteroatoms. The van der Waals surface area contributed by atoms with E-state index in [9.17, 15) is 13.2 Å². The van der Waals surface area contributed by atoms with E-state index in [4.69, 9.17) is 4.74 Å². The highest BCUT2D eigenvalue weighted by Gasteiger charge is 2.33. The summed E-state index contributed by atoms with van der Waals surface area (Å²) in [6.07, 6.45) is -0.152. The van der Waals surface area contributed by atoms with Crippen LogP contribution in [0.4, 0.5) is 13.2 Å². The minimum atomic E-state index is -4.41. The number of nitrogens with zero attached hydrogens (tertiary/aromatic N) is 2. The molecular formula is C20H25F3N4OS. The Labute approximate surface area is 172 Å². The number of halogens is 3. The van der Waals surface area contributed by atoms with Gasteiger partial charge in [-0.2, -0.15) is 13.2 Å². The Hall–Kier alpha value is -2.13. The second-order valence-corrected chi connectivity index (χ2v) is 7.72. The van der Waals surface area contributed by atoms with Crippen LogP contribution in [0.3, 0.4) is 0 Å². The first-order chi connectivity index (χ1) is 14.0. The Morgan fingerprint density at radius 2 is 2.14 bits per heavy atom. The van der Waals surface area contributed by atoms with Gasteiger partial charge in [0.15, 0.2) is 11.7 Å². The zero-order valence-electron chi connectivity index (χ0n) is 16.3. The number of nitrogens with one attached hydrogen (secondary N) is 2. The lowest BCUT2D eigenvalue weighted by atomic mass is 9.89. The fourth-order valence-electron chi connectivity index (χ4n) is 3.29. The summed E-state index contributed by atoms with van der Waals surface area (Å²) in [6, 6.07) is 8.44. The summed E-state index contributed by atoms with van der Waals surface area (Å²) in [6.45, 7) is 1.47. The van der Waals surface area contributed by atoms with E-state index in [0.29, 0.717) is 24.1 Å². The molecule has 0 saturated heterocycles. The fourth-order valence-corrected chi connectivity index (χ4v) is 4.03. The summed E-state index contributed by atoms with van der Waals surface area (Å²) >= 11 is 0.975. The van der Waals surface area contributed by atoms with Gasteiger partial charge in [-0.1, -0.05) is 24.3 Å². The number of hydrogen-bond acceptors (Lipinski definition) is 4. The lowest BCUT2D eigenvalue weighted by molar-refractivity contribution is -0.140. The Morgan fingerprint density at radius 1 is 1.31 bits per heavy atom. The highest BCUT2D eigenvalue weighted by Crippen LogP contribution is 2.32. The summed E-state index contributed by atoms with van der Waals surface area (Å²) in [7, 11) is 1.62. The average Bonchev–Trinajstić information content (AvgIpc) is 3.20. The molecular weight excluding hydrogens is 401 g/mol. The third-order valence-electron chi connectivity index (χ3n) is 4.72. The number of fused-ring (bicyclic) bond motifs is 1. The molecule has 158 valence electrons. The minimum absolute atomic E-state index is 0.158. The number of ether oxygens (including phenoxy) is 1. The second kappa shape index (κ2) is 10.1. The first kappa shape index (κ1) is 21.6. The number of aromatic nitrogens is 1. The minimum Gasteiger partial charge on any atom is -0.373 e. The molecule has 1 aromatic heterocycles. The molecule has 2 N–H and O–H groups in total. The van der Waals surface area contributed by atoms with E-state index in [0.717, 1.165) is 42.4 Å². The summed E-state index contributed by atoms with van der Waals surface area (Å²) in [5.74, 6) is 0.525. The van der Waals surface area contributed by atoms with Crippen molar-refractivity contribution in [3.05, 3.63) is 51.5 Å². The van der Waals surface area contributed by atoms with Gasteiger partial charge in [0, 0.05) is 25.6 Å². The molecule has 0 bridgehead atoms. The van der Waals surface area contributed by atoms with Crippen molar-refractivity contribution in [3.8, 4) is 0 Å². The smallest absolute Gasteiger partial charge is 0.373 e. The zero-order valence-corrected chi connectivity index (χ0v) is 17.1. The van der Waals surface area contributed by atoms with Crippen molar-refractivity contribution in [1.29, 1.82) is 0 Å². The fraction of sp³-hybridized carbons (Fsp3) is 0.500. The molecule has 5 nitrogen and oxygen atoms in total. The van der Waals surface area contributed by atoms with Crippen molar-refractivity contribution in [3.63, 3.8) is 0 Å². The van der Waals surface area contributed by atoms with Crippen LogP contribution in [-0.4, -0.2) is 31.1 Å². The number of aryl methyl sites for hydroxylation is 1. The Balaban J connectivity index is 1.36. The van der Waals surface area contributed by atoms with E-state index < -0.39 is 11.9 Å². The third kappa shape index (κ3) is 6.17. The highest BCUT2D eigenvalue weighted by molar-refractivity contribution is 7.09. The van der Waals surface area contributed by atoms with E-state index in [1.807, 2.05) is 0 Å². The molecule has 0 spiro atoms. The topological polar surface area (TPSA) is 58.5 Å². The number of aliphatic imine (C=N–C) groups is 1. The SMILES string of the molecule is CN=C(NCCCOC1CCCc2ccccc21)NCc1nc(C(F)(F)F)cs1. The molecule has 1 aliphatic rings. The number of hydrogen-bond donors (Lipinski definition) is 2. The van der Waals surface area contributed by atoms with Crippen LogP contribution in [0.5, 0.6) is 0 Å². The van der Waals surface area contributed by atoms with E-state index in [-0.39, 0.29) is 12.6 Å². The quantitative estimate of drug-likeness (QED) is 0.394. The molecule has 1 aromatic carbocycles. The Kier molecular flexibility index (Phi) is 7.49. The molecule has 1 unspecified atom stereocenters. The number of thiazole rings is 1. The van der Waals surface area contributed by atoms with Gasteiger partial charge >= 0.3 is 6.18 Å². The van der Waals surface area contributed by atoms with Crippen LogP contribution in [-0.2, 0) is 23.9 Å². The third-order valence-corrected chi connectivity index (χ3v) is 5.57. The van der Waals surface area contributed by atoms with E-state index in [2.05, 4.69) is 44.9 Å². The number of guanidine groups is 1. The van der Waals surface area contributed by atoms with Crippen LogP contribution in [0.15, 0.2) is 34.6 Å². The molecule has 0 fully saturated rings. The number of benzene rings is 1. The monoisotopic (exact) mass is 426 g/mol. The Bertz CT molecular complexity index is 822. The zero-order chi connectivity index (χ0) is 20.7. The van der Waals surface area contributed by atoms with E-state index in [1.165, 1.54) is 11.1 Å². The van der Waals surface area contributed by atoms with E-state index in [1.54, 1.807) is 7.05 Å². The molecule has 0 radical (unpaired) electrons. The Morgan fingerprint density at radius 3 is 2.90 bits per heavy atom. The van der Waals surface area contributed by atoms with Gasteiger partial charge in [0.1, 0.15) is 5.01 Å². The van der Waals surface area contributed by atoms with Gasteiger partial charge in [0.25, 0.3) is 0 Å². The normalized spacial score (nSPS) is 17.1. The molecule has 0 aliphatic heterocycles. The van der Waals surface area contributed by atoms with Crippen molar-refractivity contribution < 1.29 is 17.9 Å². The number of alkyl halides is 3. The van der Waals surface area contributed by atoms with Gasteiger partial charge in [0.05, 0.1) is 12.6 Å². The van der Waals surface area contributed by atoms with Crippen LogP contribution in [0.1, 0.15) is 47.2 Å². The van der Waals surface area contributed by atoms with Crippen LogP contribution in [0.25, 0.3) is 0 Å². The lowest BCUT2D eigenvalue weighted by Crippen LogP contribution is -2.37. The maximum atomic E-state index is 12.6. The van der Waals surface area contributed by atoms with Crippen molar-refractivity contribution in [2.24, 2.45) is 4.99 Å². The molecule has 29 heavy (non-hydrogen) atoms. The van der Waals surface area contributed by atoms with Gasteiger partial charge in [-0.3, -0.25) is 4.99 Å². The maximum Gasteiger partial charge on any atom is 0.434 e. The van der Waals surface area contributed by atoms with Crippen LogP contribution < -0.4 is 10.6 Å². The molecule has 1 aliphatic carbocycles.